The first-order chi connectivity index (χ1) is 13.6. The second kappa shape index (κ2) is 7.12. The maximum absolute atomic E-state index is 12.5. The molecule has 3 aliphatic carbocycles. The number of carbonyl (C=O) groups is 1. The van der Waals surface area contributed by atoms with Gasteiger partial charge in [-0.05, 0) is 62.1 Å². The van der Waals surface area contributed by atoms with E-state index >= 15 is 0 Å². The molecule has 10 heteroatoms. The molecule has 3 saturated carbocycles. The summed E-state index contributed by atoms with van der Waals surface area (Å²) in [6.07, 6.45) is 2.91. The van der Waals surface area contributed by atoms with Crippen LogP contribution in [0.3, 0.4) is 0 Å². The van der Waals surface area contributed by atoms with E-state index in [0.29, 0.717) is 35.1 Å². The normalized spacial score (nSPS) is 24.9. The molecule has 0 saturated heterocycles. The van der Waals surface area contributed by atoms with Gasteiger partial charge in [0.15, 0.2) is 11.6 Å². The molecule has 5 rings (SSSR count). The molecule has 1 heterocycles. The van der Waals surface area contributed by atoms with Gasteiger partial charge in [0, 0.05) is 22.3 Å². The average Bonchev–Trinajstić information content (AvgIpc) is 2.60. The zero-order valence-electron chi connectivity index (χ0n) is 15.5. The van der Waals surface area contributed by atoms with Crippen molar-refractivity contribution in [2.45, 2.75) is 42.3 Å². The van der Waals surface area contributed by atoms with Crippen LogP contribution in [-0.2, 0) is 14.8 Å². The van der Waals surface area contributed by atoms with Crippen molar-refractivity contribution in [3.63, 3.8) is 0 Å². The quantitative estimate of drug-likeness (QED) is 0.668. The Hall–Kier alpha value is -1.87. The minimum absolute atomic E-state index is 0.0728. The van der Waals surface area contributed by atoms with E-state index in [0.717, 1.165) is 5.56 Å². The van der Waals surface area contributed by atoms with Gasteiger partial charge in [0.05, 0.1) is 5.02 Å². The molecular formula is C19H19Cl2N3O4S. The molecule has 0 unspecified atom stereocenters. The lowest BCUT2D eigenvalue weighted by Crippen LogP contribution is -2.83. The SMILES string of the molecule is Cc1cc(OCC(=O)NC23CC(NS(=O)(=O)c4ccc(Cl)cn4)(C2)C3)ccc1Cl. The molecule has 1 aromatic carbocycles. The minimum atomic E-state index is -3.73. The first-order valence-corrected chi connectivity index (χ1v) is 11.2. The highest BCUT2D eigenvalue weighted by Gasteiger charge is 2.69. The summed E-state index contributed by atoms with van der Waals surface area (Å²) in [7, 11) is -3.73. The molecule has 1 aromatic heterocycles. The summed E-state index contributed by atoms with van der Waals surface area (Å²) in [6.45, 7) is 1.74. The number of rotatable bonds is 7. The number of benzene rings is 1. The van der Waals surface area contributed by atoms with Crippen molar-refractivity contribution >= 4 is 39.1 Å². The fraction of sp³-hybridized carbons (Fsp3) is 0.368. The Morgan fingerprint density at radius 3 is 2.52 bits per heavy atom. The van der Waals surface area contributed by atoms with Crippen LogP contribution in [0.15, 0.2) is 41.6 Å². The standard InChI is InChI=1S/C19H19Cl2N3O4S/c1-12-6-14(3-4-15(12)21)28-8-16(25)23-18-9-19(10-18,11-18)24-29(26,27)17-5-2-13(20)7-22-17/h2-7,24H,8-11H2,1H3,(H,23,25). The number of aromatic nitrogens is 1. The summed E-state index contributed by atoms with van der Waals surface area (Å²) in [6, 6.07) is 8.04. The Morgan fingerprint density at radius 1 is 1.17 bits per heavy atom. The largest absolute Gasteiger partial charge is 0.484 e. The number of hydrogen-bond acceptors (Lipinski definition) is 5. The van der Waals surface area contributed by atoms with Crippen molar-refractivity contribution in [1.82, 2.24) is 15.0 Å². The van der Waals surface area contributed by atoms with E-state index in [2.05, 4.69) is 15.0 Å². The van der Waals surface area contributed by atoms with E-state index in [1.54, 1.807) is 18.2 Å². The van der Waals surface area contributed by atoms with Crippen LogP contribution < -0.4 is 14.8 Å². The highest BCUT2D eigenvalue weighted by Crippen LogP contribution is 2.60. The van der Waals surface area contributed by atoms with Gasteiger partial charge < -0.3 is 10.1 Å². The minimum Gasteiger partial charge on any atom is -0.484 e. The molecule has 154 valence electrons. The van der Waals surface area contributed by atoms with E-state index in [-0.39, 0.29) is 23.1 Å². The van der Waals surface area contributed by atoms with Crippen LogP contribution >= 0.6 is 23.2 Å². The van der Waals surface area contributed by atoms with Crippen molar-refractivity contribution in [1.29, 1.82) is 0 Å². The van der Waals surface area contributed by atoms with E-state index in [9.17, 15) is 13.2 Å². The van der Waals surface area contributed by atoms with Crippen LogP contribution in [-0.4, -0.2) is 37.0 Å². The highest BCUT2D eigenvalue weighted by atomic mass is 35.5. The second-order valence-electron chi connectivity index (χ2n) is 7.76. The molecule has 0 radical (unpaired) electrons. The number of nitrogens with zero attached hydrogens (tertiary/aromatic N) is 1. The van der Waals surface area contributed by atoms with Crippen LogP contribution in [0.4, 0.5) is 0 Å². The molecule has 0 spiro atoms. The summed E-state index contributed by atoms with van der Waals surface area (Å²) < 4.78 is 33.2. The molecular weight excluding hydrogens is 437 g/mol. The topological polar surface area (TPSA) is 97.4 Å². The third-order valence-electron chi connectivity index (χ3n) is 5.26. The maximum atomic E-state index is 12.5. The van der Waals surface area contributed by atoms with Crippen LogP contribution in [0.1, 0.15) is 24.8 Å². The predicted octanol–water partition coefficient (Wildman–Crippen LogP) is 2.85. The number of nitrogens with one attached hydrogen (secondary N) is 2. The van der Waals surface area contributed by atoms with Gasteiger partial charge in [-0.3, -0.25) is 4.79 Å². The number of halogens is 2. The van der Waals surface area contributed by atoms with Gasteiger partial charge in [-0.15, -0.1) is 0 Å². The second-order valence-corrected chi connectivity index (χ2v) is 10.2. The Morgan fingerprint density at radius 2 is 1.90 bits per heavy atom. The molecule has 2 bridgehead atoms. The molecule has 1 amide bonds. The van der Waals surface area contributed by atoms with E-state index < -0.39 is 15.6 Å². The third kappa shape index (κ3) is 4.07. The molecule has 0 atom stereocenters. The monoisotopic (exact) mass is 455 g/mol. The Balaban J connectivity index is 1.28. The van der Waals surface area contributed by atoms with E-state index in [4.69, 9.17) is 27.9 Å². The average molecular weight is 456 g/mol. The summed E-state index contributed by atoms with van der Waals surface area (Å²) in [4.78, 5) is 16.1. The lowest BCUT2D eigenvalue weighted by Gasteiger charge is -2.70. The lowest BCUT2D eigenvalue weighted by molar-refractivity contribution is -0.139. The summed E-state index contributed by atoms with van der Waals surface area (Å²) >= 11 is 11.7. The van der Waals surface area contributed by atoms with E-state index in [1.807, 2.05) is 6.92 Å². The Bertz CT molecular complexity index is 1050. The molecule has 3 fully saturated rings. The third-order valence-corrected chi connectivity index (χ3v) is 7.40. The number of sulfonamides is 1. The van der Waals surface area contributed by atoms with Gasteiger partial charge in [-0.25, -0.2) is 18.1 Å². The summed E-state index contributed by atoms with van der Waals surface area (Å²) in [5.41, 5.74) is -0.0261. The van der Waals surface area contributed by atoms with Crippen molar-refractivity contribution < 1.29 is 17.9 Å². The van der Waals surface area contributed by atoms with Crippen molar-refractivity contribution in [2.24, 2.45) is 0 Å². The molecule has 7 nitrogen and oxygen atoms in total. The smallest absolute Gasteiger partial charge is 0.258 e. The van der Waals surface area contributed by atoms with Crippen molar-refractivity contribution in [3.8, 4) is 5.75 Å². The van der Waals surface area contributed by atoms with Gasteiger partial charge in [-0.2, -0.15) is 0 Å². The van der Waals surface area contributed by atoms with Gasteiger partial charge >= 0.3 is 0 Å². The number of hydrogen-bond donors (Lipinski definition) is 2. The van der Waals surface area contributed by atoms with Gasteiger partial charge in [0.25, 0.3) is 15.9 Å². The van der Waals surface area contributed by atoms with Gasteiger partial charge in [-0.1, -0.05) is 23.2 Å². The maximum Gasteiger partial charge on any atom is 0.258 e. The predicted molar refractivity (Wildman–Crippen MR) is 109 cm³/mol. The van der Waals surface area contributed by atoms with Crippen LogP contribution in [0, 0.1) is 6.92 Å². The number of ether oxygens (including phenoxy) is 1. The molecule has 3 aliphatic rings. The number of aryl methyl sites for hydroxylation is 1. The first kappa shape index (κ1) is 20.4. The Kier molecular flexibility index (Phi) is 5.01. The van der Waals surface area contributed by atoms with Gasteiger partial charge in [0.2, 0.25) is 0 Å². The van der Waals surface area contributed by atoms with Crippen LogP contribution in [0.5, 0.6) is 5.75 Å². The lowest BCUT2D eigenvalue weighted by atomic mass is 9.44. The van der Waals surface area contributed by atoms with E-state index in [1.165, 1.54) is 18.3 Å². The van der Waals surface area contributed by atoms with Crippen LogP contribution in [0.25, 0.3) is 0 Å². The fourth-order valence-electron chi connectivity index (χ4n) is 4.07. The van der Waals surface area contributed by atoms with Crippen LogP contribution in [0.2, 0.25) is 10.0 Å². The Labute approximate surface area is 178 Å². The highest BCUT2D eigenvalue weighted by molar-refractivity contribution is 7.89. The van der Waals surface area contributed by atoms with Crippen molar-refractivity contribution in [2.75, 3.05) is 6.61 Å². The zero-order chi connectivity index (χ0) is 20.9. The fourth-order valence-corrected chi connectivity index (χ4v) is 5.63. The number of amides is 1. The number of pyridine rings is 1. The first-order valence-electron chi connectivity index (χ1n) is 8.96. The van der Waals surface area contributed by atoms with Gasteiger partial charge in [0.1, 0.15) is 5.75 Å². The molecule has 2 aromatic rings. The zero-order valence-corrected chi connectivity index (χ0v) is 17.9. The molecule has 29 heavy (non-hydrogen) atoms. The summed E-state index contributed by atoms with van der Waals surface area (Å²) in [5.74, 6) is 0.326. The number of carbonyl (C=O) groups excluding carboxylic acids is 1. The van der Waals surface area contributed by atoms with Crippen molar-refractivity contribution in [3.05, 3.63) is 52.1 Å². The summed E-state index contributed by atoms with van der Waals surface area (Å²) in [5, 5.41) is 3.89. The molecule has 2 N–H and O–H groups in total. The molecule has 0 aliphatic heterocycles.